The van der Waals surface area contributed by atoms with Crippen LogP contribution in [0.3, 0.4) is 0 Å². The lowest BCUT2D eigenvalue weighted by Crippen LogP contribution is -2.58. The van der Waals surface area contributed by atoms with Gasteiger partial charge in [0, 0.05) is 44.5 Å². The highest BCUT2D eigenvalue weighted by Crippen LogP contribution is 2.48. The van der Waals surface area contributed by atoms with E-state index >= 15 is 0 Å². The van der Waals surface area contributed by atoms with E-state index in [-0.39, 0.29) is 62.9 Å². The largest absolute Gasteiger partial charge is 0.495 e. The molecule has 18 nitrogen and oxygen atoms in total. The average molecular weight is 942 g/mol. The van der Waals surface area contributed by atoms with Crippen LogP contribution in [0, 0.1) is 0 Å². The Morgan fingerprint density at radius 1 is 0.846 bits per heavy atom. The van der Waals surface area contributed by atoms with Crippen molar-refractivity contribution >= 4 is 87.8 Å². The fourth-order valence-electron chi connectivity index (χ4n) is 6.84. The quantitative estimate of drug-likeness (QED) is 0.150. The molecule has 1 spiro atoms. The molecule has 2 aromatic carbocycles. The van der Waals surface area contributed by atoms with Gasteiger partial charge < -0.3 is 33.9 Å². The Kier molecular flexibility index (Phi) is 14.8. The number of benzene rings is 2. The number of methoxy groups -OCH3 is 1. The van der Waals surface area contributed by atoms with Gasteiger partial charge in [0.15, 0.2) is 0 Å². The third-order valence-corrected chi connectivity index (χ3v) is 10.5. The highest BCUT2D eigenvalue weighted by molar-refractivity contribution is 6.43. The number of nitrogens with one attached hydrogen (secondary N) is 1. The van der Waals surface area contributed by atoms with Crippen molar-refractivity contribution < 1.29 is 47.7 Å². The molecule has 352 valence electrons. The molecule has 20 heteroatoms. The first-order valence-corrected chi connectivity index (χ1v) is 21.7. The predicted molar refractivity (Wildman–Crippen MR) is 249 cm³/mol. The maximum absolute atomic E-state index is 14.7. The van der Waals surface area contributed by atoms with Gasteiger partial charge in [-0.3, -0.25) is 14.6 Å². The molecule has 1 aliphatic heterocycles. The Balaban J connectivity index is 1.59. The number of piperazine rings is 1. The number of rotatable bonds is 10. The van der Waals surface area contributed by atoms with Gasteiger partial charge in [-0.1, -0.05) is 29.8 Å². The number of carbonyl (C=O) groups excluding carboxylic acids is 5. The van der Waals surface area contributed by atoms with Crippen LogP contribution in [0.4, 0.5) is 53.6 Å². The van der Waals surface area contributed by atoms with E-state index in [1.807, 2.05) is 20.8 Å². The van der Waals surface area contributed by atoms with Gasteiger partial charge in [-0.25, -0.2) is 34.0 Å². The maximum atomic E-state index is 14.7. The summed E-state index contributed by atoms with van der Waals surface area (Å²) in [6.45, 7) is 22.3. The summed E-state index contributed by atoms with van der Waals surface area (Å²) in [6.07, 6.45) is 1.39. The van der Waals surface area contributed by atoms with E-state index < -0.39 is 46.5 Å². The predicted octanol–water partition coefficient (Wildman–Crippen LogP) is 9.98. The molecule has 3 aromatic rings. The molecule has 2 heterocycles. The van der Waals surface area contributed by atoms with Crippen LogP contribution in [0.25, 0.3) is 0 Å². The SMILES string of the molecule is C=CC(=O)Nc1cc(N2CCN(C(=O)OC(C)(C)C)C3(CC3)C2)ccc1N(C(=O)OC(C)(C)C)c1cc(N(C)C(=O)N(C(=O)OC(C)(C)C)c2c(Cl)c(OC)cc(OCC)c2Cl)ncn1. The van der Waals surface area contributed by atoms with Crippen LogP contribution in [0.1, 0.15) is 82.1 Å². The van der Waals surface area contributed by atoms with E-state index in [1.165, 1.54) is 26.3 Å². The number of imide groups is 1. The summed E-state index contributed by atoms with van der Waals surface area (Å²) in [5, 5.41) is 2.45. The molecule has 2 aliphatic rings. The van der Waals surface area contributed by atoms with E-state index in [0.29, 0.717) is 30.2 Å². The van der Waals surface area contributed by atoms with E-state index in [4.69, 9.17) is 46.9 Å². The third kappa shape index (κ3) is 11.8. The summed E-state index contributed by atoms with van der Waals surface area (Å²) < 4.78 is 28.4. The minimum absolute atomic E-state index is 0.0522. The molecule has 65 heavy (non-hydrogen) atoms. The summed E-state index contributed by atoms with van der Waals surface area (Å²) in [6, 6.07) is 6.83. The fourth-order valence-corrected chi connectivity index (χ4v) is 7.49. The van der Waals surface area contributed by atoms with Gasteiger partial charge in [-0.05, 0) is 106 Å². The number of anilines is 6. The fraction of sp³-hybridized carbons (Fsp3) is 0.489. The van der Waals surface area contributed by atoms with Crippen LogP contribution in [0.5, 0.6) is 11.5 Å². The van der Waals surface area contributed by atoms with Crippen LogP contribution in [-0.2, 0) is 19.0 Å². The normalized spacial score (nSPS) is 14.5. The van der Waals surface area contributed by atoms with Crippen molar-refractivity contribution in [3.8, 4) is 11.5 Å². The number of hydrogen-bond donors (Lipinski definition) is 1. The number of aromatic nitrogens is 2. The lowest BCUT2D eigenvalue weighted by molar-refractivity contribution is -0.111. The van der Waals surface area contributed by atoms with E-state index in [0.717, 1.165) is 35.0 Å². The summed E-state index contributed by atoms with van der Waals surface area (Å²) in [5.74, 6) is -0.635. The Hall–Kier alpha value is -6.01. The molecule has 2 fully saturated rings. The van der Waals surface area contributed by atoms with Crippen molar-refractivity contribution in [3.05, 3.63) is 59.4 Å². The average Bonchev–Trinajstić information content (AvgIpc) is 3.97. The van der Waals surface area contributed by atoms with Crippen molar-refractivity contribution in [2.75, 3.05) is 65.3 Å². The lowest BCUT2D eigenvalue weighted by Gasteiger charge is -2.43. The van der Waals surface area contributed by atoms with Crippen LogP contribution in [0.2, 0.25) is 10.0 Å². The first-order valence-electron chi connectivity index (χ1n) is 20.9. The summed E-state index contributed by atoms with van der Waals surface area (Å²) >= 11 is 13.6. The Morgan fingerprint density at radius 3 is 2.02 bits per heavy atom. The molecule has 0 unspecified atom stereocenters. The zero-order valence-electron chi connectivity index (χ0n) is 39.0. The molecule has 1 saturated heterocycles. The smallest absolute Gasteiger partial charge is 0.423 e. The molecule has 1 N–H and O–H groups in total. The second-order valence-corrected chi connectivity index (χ2v) is 19.1. The van der Waals surface area contributed by atoms with Crippen molar-refractivity contribution in [2.24, 2.45) is 0 Å². The number of urea groups is 1. The highest BCUT2D eigenvalue weighted by atomic mass is 35.5. The first kappa shape index (κ1) is 50.0. The van der Waals surface area contributed by atoms with Gasteiger partial charge in [0.1, 0.15) is 62.0 Å². The van der Waals surface area contributed by atoms with E-state index in [2.05, 4.69) is 26.8 Å². The maximum Gasteiger partial charge on any atom is 0.423 e. The second kappa shape index (κ2) is 19.2. The van der Waals surface area contributed by atoms with Crippen molar-refractivity contribution in [2.45, 2.75) is 104 Å². The van der Waals surface area contributed by atoms with Crippen molar-refractivity contribution in [3.63, 3.8) is 0 Å². The van der Waals surface area contributed by atoms with Crippen LogP contribution >= 0.6 is 23.2 Å². The van der Waals surface area contributed by atoms with E-state index in [1.54, 1.807) is 71.6 Å². The minimum Gasteiger partial charge on any atom is -0.495 e. The Bertz CT molecular complexity index is 2340. The molecule has 1 saturated carbocycles. The molecule has 5 rings (SSSR count). The number of nitrogens with zero attached hydrogens (tertiary/aromatic N) is 7. The van der Waals surface area contributed by atoms with Gasteiger partial charge in [-0.15, -0.1) is 0 Å². The number of halogens is 2. The second-order valence-electron chi connectivity index (χ2n) is 18.4. The molecular weight excluding hydrogens is 883 g/mol. The van der Waals surface area contributed by atoms with Crippen molar-refractivity contribution in [1.29, 1.82) is 0 Å². The summed E-state index contributed by atoms with van der Waals surface area (Å²) in [4.78, 5) is 84.7. The molecule has 1 aromatic heterocycles. The zero-order chi connectivity index (χ0) is 48.4. The highest BCUT2D eigenvalue weighted by Gasteiger charge is 2.54. The van der Waals surface area contributed by atoms with Gasteiger partial charge in [0.2, 0.25) is 5.91 Å². The molecule has 0 radical (unpaired) electrons. The molecular formula is C45H58Cl2N8O10. The van der Waals surface area contributed by atoms with Crippen LogP contribution in [-0.4, -0.2) is 108 Å². The lowest BCUT2D eigenvalue weighted by atomic mass is 10.1. The molecule has 0 atom stereocenters. The number of carbonyl (C=O) groups is 5. The minimum atomic E-state index is -1.14. The first-order chi connectivity index (χ1) is 30.2. The molecule has 6 amide bonds. The third-order valence-electron chi connectivity index (χ3n) is 9.82. The van der Waals surface area contributed by atoms with Crippen molar-refractivity contribution in [1.82, 2.24) is 14.9 Å². The topological polar surface area (TPSA) is 186 Å². The standard InChI is InChI=1S/C45H58Cl2N8O10/c1-14-34(56)50-28-22-27(52-20-21-53(45(25-52)18-19-45)39(58)63-42(3,4)5)16-17-29(28)54(40(59)64-43(6,7)8)33-24-32(48-26-49-33)51(12)38(57)55(41(60)65-44(9,10)11)37-35(46)30(61-13)23-31(36(37)47)62-15-2/h14,16-17,22-24,26H,1,15,18-21,25H2,2-13H3,(H,50,56). The molecule has 1 aliphatic carbocycles. The Morgan fingerprint density at radius 2 is 1.45 bits per heavy atom. The van der Waals surface area contributed by atoms with Gasteiger partial charge in [0.25, 0.3) is 0 Å². The molecule has 0 bridgehead atoms. The van der Waals surface area contributed by atoms with Gasteiger partial charge in [0.05, 0.1) is 30.6 Å². The van der Waals surface area contributed by atoms with Crippen LogP contribution in [0.15, 0.2) is 49.3 Å². The number of amides is 6. The number of ether oxygens (including phenoxy) is 5. The number of hydrogen-bond acceptors (Lipinski definition) is 13. The summed E-state index contributed by atoms with van der Waals surface area (Å²) in [7, 11) is 2.67. The van der Waals surface area contributed by atoms with Crippen LogP contribution < -0.4 is 34.4 Å². The summed E-state index contributed by atoms with van der Waals surface area (Å²) in [5.41, 5.74) is -2.40. The Labute approximate surface area is 389 Å². The monoisotopic (exact) mass is 940 g/mol. The zero-order valence-corrected chi connectivity index (χ0v) is 40.5. The van der Waals surface area contributed by atoms with E-state index in [9.17, 15) is 24.0 Å². The van der Waals surface area contributed by atoms with Gasteiger partial charge >= 0.3 is 24.3 Å². The van der Waals surface area contributed by atoms with Gasteiger partial charge in [-0.2, -0.15) is 4.90 Å².